The van der Waals surface area contributed by atoms with Crippen LogP contribution in [0.5, 0.6) is 0 Å². The maximum Gasteiger partial charge on any atom is 0.146 e. The van der Waals surface area contributed by atoms with Gasteiger partial charge in [-0.15, -0.1) is 0 Å². The van der Waals surface area contributed by atoms with E-state index in [0.29, 0.717) is 0 Å². The van der Waals surface area contributed by atoms with E-state index < -0.39 is 0 Å². The maximum atomic E-state index is 4.28. The van der Waals surface area contributed by atoms with Crippen molar-refractivity contribution in [1.82, 2.24) is 4.98 Å². The second-order valence-electron chi connectivity index (χ2n) is 5.63. The molecule has 0 unspecified atom stereocenters. The Hall–Kier alpha value is -2.79. The predicted octanol–water partition coefficient (Wildman–Crippen LogP) is 5.15. The molecular weight excluding hydrogens is 328 g/mol. The van der Waals surface area contributed by atoms with Gasteiger partial charge < -0.3 is 4.90 Å². The molecule has 1 aliphatic rings. The Morgan fingerprint density at radius 3 is 2.72 bits per heavy atom. The zero-order valence-electron chi connectivity index (χ0n) is 13.9. The van der Waals surface area contributed by atoms with Gasteiger partial charge >= 0.3 is 0 Å². The Balaban J connectivity index is 1.58. The molecule has 0 amide bonds. The number of hydrogen-bond donors (Lipinski definition) is 1. The van der Waals surface area contributed by atoms with E-state index in [1.54, 1.807) is 6.20 Å². The van der Waals surface area contributed by atoms with Crippen LogP contribution in [0.15, 0.2) is 81.8 Å². The summed E-state index contributed by atoms with van der Waals surface area (Å²) in [5.41, 5.74) is 6.54. The number of nitrogens with zero attached hydrogens (tertiary/aromatic N) is 3. The zero-order valence-corrected chi connectivity index (χ0v) is 14.7. The molecule has 0 saturated heterocycles. The molecule has 0 spiro atoms. The fraction of sp³-hybridized carbons (Fsp3) is 0.100. The minimum absolute atomic E-state index is 0.733. The summed E-state index contributed by atoms with van der Waals surface area (Å²) in [5, 5.41) is 4.28. The SMILES string of the molecule is CCN1c2ccccc2Sc2cc(/C=N/Nc3ccccn3)ccc21. The first kappa shape index (κ1) is 15.7. The van der Waals surface area contributed by atoms with Crippen LogP contribution in [0.1, 0.15) is 12.5 Å². The molecule has 0 bridgehead atoms. The first-order valence-electron chi connectivity index (χ1n) is 8.24. The van der Waals surface area contributed by atoms with Gasteiger partial charge in [0.15, 0.2) is 0 Å². The van der Waals surface area contributed by atoms with Crippen LogP contribution in [0.4, 0.5) is 17.2 Å². The lowest BCUT2D eigenvalue weighted by molar-refractivity contribution is 0.979. The van der Waals surface area contributed by atoms with E-state index in [4.69, 9.17) is 0 Å². The number of fused-ring (bicyclic) bond motifs is 2. The van der Waals surface area contributed by atoms with Gasteiger partial charge in [0.2, 0.25) is 0 Å². The summed E-state index contributed by atoms with van der Waals surface area (Å²) in [5.74, 6) is 0.733. The van der Waals surface area contributed by atoms with Crippen LogP contribution in [0.2, 0.25) is 0 Å². The molecule has 25 heavy (non-hydrogen) atoms. The van der Waals surface area contributed by atoms with Crippen LogP contribution in [-0.4, -0.2) is 17.7 Å². The van der Waals surface area contributed by atoms with Crippen molar-refractivity contribution < 1.29 is 0 Å². The van der Waals surface area contributed by atoms with Crippen LogP contribution in [0, 0.1) is 0 Å². The molecule has 0 saturated carbocycles. The van der Waals surface area contributed by atoms with Crippen LogP contribution < -0.4 is 10.3 Å². The van der Waals surface area contributed by atoms with Gasteiger partial charge in [-0.2, -0.15) is 5.10 Å². The summed E-state index contributed by atoms with van der Waals surface area (Å²) in [6.07, 6.45) is 3.57. The van der Waals surface area contributed by atoms with Crippen molar-refractivity contribution in [3.63, 3.8) is 0 Å². The van der Waals surface area contributed by atoms with Gasteiger partial charge in [0, 0.05) is 22.5 Å². The molecule has 124 valence electrons. The topological polar surface area (TPSA) is 40.5 Å². The molecule has 3 aromatic rings. The lowest BCUT2D eigenvalue weighted by Gasteiger charge is -2.32. The van der Waals surface area contributed by atoms with E-state index in [1.807, 2.05) is 36.2 Å². The summed E-state index contributed by atoms with van der Waals surface area (Å²) < 4.78 is 0. The minimum atomic E-state index is 0.733. The molecule has 1 N–H and O–H groups in total. The lowest BCUT2D eigenvalue weighted by atomic mass is 10.1. The third kappa shape index (κ3) is 3.23. The zero-order chi connectivity index (χ0) is 17.1. The summed E-state index contributed by atoms with van der Waals surface area (Å²) in [7, 11) is 0. The second kappa shape index (κ2) is 6.99. The number of hydrogen-bond acceptors (Lipinski definition) is 5. The quantitative estimate of drug-likeness (QED) is 0.524. The Bertz CT molecular complexity index is 909. The van der Waals surface area contributed by atoms with Crippen LogP contribution in [-0.2, 0) is 0 Å². The minimum Gasteiger partial charge on any atom is -0.340 e. The predicted molar refractivity (Wildman–Crippen MR) is 105 cm³/mol. The second-order valence-corrected chi connectivity index (χ2v) is 6.71. The fourth-order valence-electron chi connectivity index (χ4n) is 2.87. The Morgan fingerprint density at radius 2 is 1.88 bits per heavy atom. The molecule has 4 nitrogen and oxygen atoms in total. The number of rotatable bonds is 4. The van der Waals surface area contributed by atoms with Crippen molar-refractivity contribution >= 4 is 35.2 Å². The molecule has 0 atom stereocenters. The van der Waals surface area contributed by atoms with Gasteiger partial charge in [-0.3, -0.25) is 5.43 Å². The van der Waals surface area contributed by atoms with Gasteiger partial charge in [0.1, 0.15) is 5.82 Å². The first-order valence-corrected chi connectivity index (χ1v) is 9.05. The molecule has 1 aliphatic heterocycles. The van der Waals surface area contributed by atoms with Crippen molar-refractivity contribution in [1.29, 1.82) is 0 Å². The molecule has 2 aromatic carbocycles. The highest BCUT2D eigenvalue weighted by atomic mass is 32.2. The van der Waals surface area contributed by atoms with E-state index in [9.17, 15) is 0 Å². The number of pyridine rings is 1. The number of benzene rings is 2. The third-order valence-electron chi connectivity index (χ3n) is 4.02. The lowest BCUT2D eigenvalue weighted by Crippen LogP contribution is -2.19. The summed E-state index contributed by atoms with van der Waals surface area (Å²) in [4.78, 5) is 9.09. The highest BCUT2D eigenvalue weighted by molar-refractivity contribution is 7.99. The molecule has 5 heteroatoms. The molecule has 1 aromatic heterocycles. The molecule has 2 heterocycles. The normalized spacial score (nSPS) is 12.8. The average molecular weight is 346 g/mol. The summed E-state index contributed by atoms with van der Waals surface area (Å²) in [6, 6.07) is 20.7. The van der Waals surface area contributed by atoms with Crippen molar-refractivity contribution in [2.45, 2.75) is 16.7 Å². The average Bonchev–Trinajstić information content (AvgIpc) is 2.67. The van der Waals surface area contributed by atoms with E-state index in [0.717, 1.165) is 17.9 Å². The number of hydrazone groups is 1. The van der Waals surface area contributed by atoms with E-state index in [1.165, 1.54) is 21.2 Å². The van der Waals surface area contributed by atoms with Crippen molar-refractivity contribution in [3.05, 3.63) is 72.4 Å². The van der Waals surface area contributed by atoms with Crippen LogP contribution >= 0.6 is 11.8 Å². The third-order valence-corrected chi connectivity index (χ3v) is 5.14. The van der Waals surface area contributed by atoms with E-state index >= 15 is 0 Å². The Morgan fingerprint density at radius 1 is 1.04 bits per heavy atom. The maximum absolute atomic E-state index is 4.28. The molecule has 0 aliphatic carbocycles. The summed E-state index contributed by atoms with van der Waals surface area (Å²) >= 11 is 1.81. The van der Waals surface area contributed by atoms with Crippen LogP contribution in [0.3, 0.4) is 0 Å². The molecular formula is C20H18N4S. The van der Waals surface area contributed by atoms with Gasteiger partial charge in [0.25, 0.3) is 0 Å². The van der Waals surface area contributed by atoms with Gasteiger partial charge in [-0.05, 0) is 48.9 Å². The van der Waals surface area contributed by atoms with Crippen LogP contribution in [0.25, 0.3) is 0 Å². The first-order chi connectivity index (χ1) is 12.3. The highest BCUT2D eigenvalue weighted by Crippen LogP contribution is 2.47. The number of anilines is 3. The van der Waals surface area contributed by atoms with Gasteiger partial charge in [-0.1, -0.05) is 36.0 Å². The van der Waals surface area contributed by atoms with E-state index in [-0.39, 0.29) is 0 Å². The monoisotopic (exact) mass is 346 g/mol. The molecule has 4 rings (SSSR count). The number of nitrogens with one attached hydrogen (secondary N) is 1. The highest BCUT2D eigenvalue weighted by Gasteiger charge is 2.21. The van der Waals surface area contributed by atoms with Crippen molar-refractivity contribution in [2.24, 2.45) is 5.10 Å². The van der Waals surface area contributed by atoms with Gasteiger partial charge in [-0.25, -0.2) is 4.98 Å². The number of aromatic nitrogens is 1. The Kier molecular flexibility index (Phi) is 4.39. The van der Waals surface area contributed by atoms with Gasteiger partial charge in [0.05, 0.1) is 17.6 Å². The van der Waals surface area contributed by atoms with Crippen molar-refractivity contribution in [2.75, 3.05) is 16.9 Å². The molecule has 0 radical (unpaired) electrons. The smallest absolute Gasteiger partial charge is 0.146 e. The number of para-hydroxylation sites is 1. The molecule has 0 fully saturated rings. The summed E-state index contributed by atoms with van der Waals surface area (Å²) in [6.45, 7) is 3.13. The van der Waals surface area contributed by atoms with Crippen molar-refractivity contribution in [3.8, 4) is 0 Å². The standard InChI is InChI=1S/C20H18N4S/c1-2-24-16-7-3-4-8-18(16)25-19-13-15(10-11-17(19)24)14-22-23-20-9-5-6-12-21-20/h3-14H,2H2,1H3,(H,21,23)/b22-14+. The Labute approximate surface area is 151 Å². The fourth-order valence-corrected chi connectivity index (χ4v) is 4.02. The van der Waals surface area contributed by atoms with E-state index in [2.05, 4.69) is 69.8 Å². The largest absolute Gasteiger partial charge is 0.340 e.